The van der Waals surface area contributed by atoms with Gasteiger partial charge in [0, 0.05) is 6.54 Å². The Labute approximate surface area is 118 Å². The van der Waals surface area contributed by atoms with E-state index < -0.39 is 22.0 Å². The smallest absolute Gasteiger partial charge is 0.322 e. The molecule has 0 saturated carbocycles. The summed E-state index contributed by atoms with van der Waals surface area (Å²) < 4.78 is 31.2. The Morgan fingerprint density at radius 1 is 1.40 bits per heavy atom. The molecule has 1 saturated heterocycles. The first-order valence-corrected chi connectivity index (χ1v) is 7.88. The zero-order valence-electron chi connectivity index (χ0n) is 11.2. The minimum atomic E-state index is -3.77. The second kappa shape index (κ2) is 5.80. The van der Waals surface area contributed by atoms with Gasteiger partial charge in [0.2, 0.25) is 10.0 Å². The summed E-state index contributed by atoms with van der Waals surface area (Å²) in [4.78, 5) is 11.2. The van der Waals surface area contributed by atoms with Crippen LogP contribution in [0, 0.1) is 0 Å². The van der Waals surface area contributed by atoms with Crippen molar-refractivity contribution >= 4 is 16.0 Å². The van der Waals surface area contributed by atoms with Crippen molar-refractivity contribution in [1.29, 1.82) is 0 Å². The summed E-state index contributed by atoms with van der Waals surface area (Å²) in [5.74, 6) is -0.514. The van der Waals surface area contributed by atoms with E-state index in [9.17, 15) is 13.2 Å². The van der Waals surface area contributed by atoms with Gasteiger partial charge in [-0.15, -0.1) is 0 Å². The van der Waals surface area contributed by atoms with Crippen LogP contribution in [0.1, 0.15) is 19.8 Å². The number of hydrogen-bond donors (Lipinski definition) is 1. The molecule has 0 radical (unpaired) electrons. The largest absolute Gasteiger partial charge is 0.494 e. The lowest BCUT2D eigenvalue weighted by molar-refractivity contribution is -0.140. The lowest BCUT2D eigenvalue weighted by Crippen LogP contribution is -2.40. The Bertz CT molecular complexity index is 581. The van der Waals surface area contributed by atoms with Crippen molar-refractivity contribution in [2.45, 2.75) is 30.7 Å². The molecule has 6 nitrogen and oxygen atoms in total. The van der Waals surface area contributed by atoms with E-state index in [1.807, 2.05) is 6.92 Å². The summed E-state index contributed by atoms with van der Waals surface area (Å²) in [6.07, 6.45) is 0.915. The van der Waals surface area contributed by atoms with Gasteiger partial charge in [0.1, 0.15) is 11.8 Å². The highest BCUT2D eigenvalue weighted by molar-refractivity contribution is 7.89. The number of sulfonamides is 1. The van der Waals surface area contributed by atoms with Crippen LogP contribution in [0.2, 0.25) is 0 Å². The van der Waals surface area contributed by atoms with Crippen molar-refractivity contribution in [2.24, 2.45) is 0 Å². The fraction of sp³-hybridized carbons (Fsp3) is 0.462. The zero-order chi connectivity index (χ0) is 14.8. The van der Waals surface area contributed by atoms with Crippen LogP contribution in [0.4, 0.5) is 0 Å². The van der Waals surface area contributed by atoms with Crippen molar-refractivity contribution in [3.63, 3.8) is 0 Å². The average molecular weight is 299 g/mol. The first-order valence-electron chi connectivity index (χ1n) is 6.44. The highest BCUT2D eigenvalue weighted by Gasteiger charge is 2.39. The van der Waals surface area contributed by atoms with Crippen LogP contribution in [0.5, 0.6) is 5.75 Å². The van der Waals surface area contributed by atoms with Crippen LogP contribution in [0.15, 0.2) is 29.2 Å². The Kier molecular flexibility index (Phi) is 4.29. The molecule has 1 fully saturated rings. The molecule has 1 aromatic carbocycles. The molecule has 1 heterocycles. The Hall–Kier alpha value is -1.60. The molecular formula is C13H17NO5S. The zero-order valence-corrected chi connectivity index (χ0v) is 12.0. The van der Waals surface area contributed by atoms with Crippen LogP contribution in [0.25, 0.3) is 0 Å². The van der Waals surface area contributed by atoms with Gasteiger partial charge < -0.3 is 9.84 Å². The number of carboxylic acids is 1. The van der Waals surface area contributed by atoms with Crippen LogP contribution >= 0.6 is 0 Å². The van der Waals surface area contributed by atoms with Gasteiger partial charge in [-0.25, -0.2) is 8.42 Å². The molecular weight excluding hydrogens is 282 g/mol. The van der Waals surface area contributed by atoms with E-state index in [0.29, 0.717) is 25.2 Å². The third kappa shape index (κ3) is 2.78. The predicted molar refractivity (Wildman–Crippen MR) is 72.2 cm³/mol. The minimum absolute atomic E-state index is 0.0918. The van der Waals surface area contributed by atoms with Gasteiger partial charge >= 0.3 is 5.97 Å². The Morgan fingerprint density at radius 3 is 2.60 bits per heavy atom. The molecule has 1 atom stereocenters. The lowest BCUT2D eigenvalue weighted by Gasteiger charge is -2.21. The number of nitrogens with zero attached hydrogens (tertiary/aromatic N) is 1. The molecule has 0 amide bonds. The monoisotopic (exact) mass is 299 g/mol. The molecule has 7 heteroatoms. The van der Waals surface area contributed by atoms with Gasteiger partial charge in [-0.1, -0.05) is 0 Å². The SMILES string of the molecule is CCOc1ccc(S(=O)(=O)N2CCC[C@H]2C(=O)O)cc1. The van der Waals surface area contributed by atoms with E-state index in [0.717, 1.165) is 4.31 Å². The quantitative estimate of drug-likeness (QED) is 0.886. The van der Waals surface area contributed by atoms with Crippen LogP contribution in [0.3, 0.4) is 0 Å². The van der Waals surface area contributed by atoms with E-state index in [-0.39, 0.29) is 11.4 Å². The molecule has 0 spiro atoms. The van der Waals surface area contributed by atoms with E-state index >= 15 is 0 Å². The fourth-order valence-electron chi connectivity index (χ4n) is 2.28. The molecule has 1 aliphatic rings. The van der Waals surface area contributed by atoms with Crippen molar-refractivity contribution in [2.75, 3.05) is 13.2 Å². The van der Waals surface area contributed by atoms with Crippen LogP contribution in [-0.2, 0) is 14.8 Å². The van der Waals surface area contributed by atoms with Crippen molar-refractivity contribution in [3.05, 3.63) is 24.3 Å². The summed E-state index contributed by atoms with van der Waals surface area (Å²) in [6, 6.07) is 5.06. The number of rotatable bonds is 5. The average Bonchev–Trinajstić information content (AvgIpc) is 2.90. The molecule has 0 aromatic heterocycles. The second-order valence-electron chi connectivity index (χ2n) is 4.52. The lowest BCUT2D eigenvalue weighted by atomic mass is 10.2. The van der Waals surface area contributed by atoms with Gasteiger partial charge in [0.25, 0.3) is 0 Å². The summed E-state index contributed by atoms with van der Waals surface area (Å²) in [5, 5.41) is 9.08. The molecule has 1 aromatic rings. The third-order valence-corrected chi connectivity index (χ3v) is 5.15. The molecule has 110 valence electrons. The summed E-state index contributed by atoms with van der Waals surface area (Å²) >= 11 is 0. The van der Waals surface area contributed by atoms with Crippen molar-refractivity contribution in [1.82, 2.24) is 4.31 Å². The van der Waals surface area contributed by atoms with Crippen LogP contribution < -0.4 is 4.74 Å². The van der Waals surface area contributed by atoms with Gasteiger partial charge in [-0.2, -0.15) is 4.31 Å². The highest BCUT2D eigenvalue weighted by atomic mass is 32.2. The molecule has 1 N–H and O–H groups in total. The first kappa shape index (κ1) is 14.8. The molecule has 0 aliphatic carbocycles. The van der Waals surface area contributed by atoms with Crippen molar-refractivity contribution in [3.8, 4) is 5.75 Å². The Balaban J connectivity index is 2.27. The molecule has 2 rings (SSSR count). The third-order valence-electron chi connectivity index (χ3n) is 3.23. The van der Waals surface area contributed by atoms with Gasteiger partial charge in [-0.3, -0.25) is 4.79 Å². The van der Waals surface area contributed by atoms with E-state index in [2.05, 4.69) is 0 Å². The maximum atomic E-state index is 12.4. The highest BCUT2D eigenvalue weighted by Crippen LogP contribution is 2.27. The fourth-order valence-corrected chi connectivity index (χ4v) is 3.94. The molecule has 0 bridgehead atoms. The maximum absolute atomic E-state index is 12.4. The standard InChI is InChI=1S/C13H17NO5S/c1-2-19-10-5-7-11(8-6-10)20(17,18)14-9-3-4-12(14)13(15)16/h5-8,12H,2-4,9H2,1H3,(H,15,16)/t12-/m0/s1. The summed E-state index contributed by atoms with van der Waals surface area (Å²) in [7, 11) is -3.77. The Morgan fingerprint density at radius 2 is 2.05 bits per heavy atom. The second-order valence-corrected chi connectivity index (χ2v) is 6.41. The number of carbonyl (C=O) groups is 1. The van der Waals surface area contributed by atoms with E-state index in [1.54, 1.807) is 12.1 Å². The van der Waals surface area contributed by atoms with E-state index in [1.165, 1.54) is 12.1 Å². The van der Waals surface area contributed by atoms with Gasteiger partial charge in [0.05, 0.1) is 11.5 Å². The maximum Gasteiger partial charge on any atom is 0.322 e. The number of carboxylic acid groups (broad SMARTS) is 1. The topological polar surface area (TPSA) is 83.9 Å². The number of benzene rings is 1. The van der Waals surface area contributed by atoms with Crippen LogP contribution in [-0.4, -0.2) is 43.0 Å². The predicted octanol–water partition coefficient (Wildman–Crippen LogP) is 1.32. The minimum Gasteiger partial charge on any atom is -0.494 e. The normalized spacial score (nSPS) is 19.9. The number of hydrogen-bond acceptors (Lipinski definition) is 4. The van der Waals surface area contributed by atoms with Gasteiger partial charge in [0.15, 0.2) is 0 Å². The van der Waals surface area contributed by atoms with E-state index in [4.69, 9.17) is 9.84 Å². The van der Waals surface area contributed by atoms with Crippen molar-refractivity contribution < 1.29 is 23.1 Å². The first-order chi connectivity index (χ1) is 9.46. The summed E-state index contributed by atoms with van der Waals surface area (Å²) in [5.41, 5.74) is 0. The molecule has 20 heavy (non-hydrogen) atoms. The number of aliphatic carboxylic acids is 1. The summed E-state index contributed by atoms with van der Waals surface area (Å²) in [6.45, 7) is 2.58. The van der Waals surface area contributed by atoms with Gasteiger partial charge in [-0.05, 0) is 44.0 Å². The number of ether oxygens (including phenoxy) is 1. The molecule has 0 unspecified atom stereocenters. The molecule has 1 aliphatic heterocycles.